The summed E-state index contributed by atoms with van der Waals surface area (Å²) in [4.78, 5) is 14.9. The van der Waals surface area contributed by atoms with Crippen LogP contribution < -0.4 is 10.6 Å². The maximum absolute atomic E-state index is 12.3. The van der Waals surface area contributed by atoms with Crippen molar-refractivity contribution < 1.29 is 13.2 Å². The molecule has 1 aromatic carbocycles. The highest BCUT2D eigenvalue weighted by atomic mass is 32.2. The number of nitrogens with zero attached hydrogens (tertiary/aromatic N) is 2. The summed E-state index contributed by atoms with van der Waals surface area (Å²) >= 11 is 0. The standard InChI is InChI=1S/C25H42N4O3S/c1-6-13-28(18-19-11-14-29(15-12-19)33(5,31)32)23-10-8-20-7-9-22(16-21(20)17-23)26-24(30)27-25(2,3)4/h7,9,16,19,23H,6,8,10-15,17-18H2,1-5H3,(H2,26,27,30). The van der Waals surface area contributed by atoms with Crippen molar-refractivity contribution in [2.75, 3.05) is 37.8 Å². The van der Waals surface area contributed by atoms with Crippen LogP contribution in [0.2, 0.25) is 0 Å². The van der Waals surface area contributed by atoms with Crippen LogP contribution in [0, 0.1) is 5.92 Å². The number of hydrogen-bond donors (Lipinski definition) is 2. The number of fused-ring (bicyclic) bond motifs is 1. The average molecular weight is 479 g/mol. The lowest BCUT2D eigenvalue weighted by molar-refractivity contribution is 0.129. The first-order valence-corrected chi connectivity index (χ1v) is 14.2. The first kappa shape index (κ1) is 26.0. The number of amides is 2. The third kappa shape index (κ3) is 7.69. The van der Waals surface area contributed by atoms with Crippen LogP contribution in [-0.2, 0) is 22.9 Å². The van der Waals surface area contributed by atoms with Crippen molar-refractivity contribution in [3.63, 3.8) is 0 Å². The zero-order valence-electron chi connectivity index (χ0n) is 21.0. The monoisotopic (exact) mass is 478 g/mol. The van der Waals surface area contributed by atoms with Gasteiger partial charge in [0, 0.05) is 36.9 Å². The van der Waals surface area contributed by atoms with E-state index < -0.39 is 10.0 Å². The molecule has 3 rings (SSSR count). The topological polar surface area (TPSA) is 81.8 Å². The Morgan fingerprint density at radius 1 is 1.15 bits per heavy atom. The van der Waals surface area contributed by atoms with Crippen molar-refractivity contribution in [2.24, 2.45) is 5.92 Å². The second-order valence-corrected chi connectivity index (χ2v) is 12.8. The van der Waals surface area contributed by atoms with Crippen molar-refractivity contribution in [3.05, 3.63) is 29.3 Å². The van der Waals surface area contributed by atoms with E-state index in [4.69, 9.17) is 0 Å². The highest BCUT2D eigenvalue weighted by Crippen LogP contribution is 2.29. The predicted molar refractivity (Wildman–Crippen MR) is 135 cm³/mol. The lowest BCUT2D eigenvalue weighted by atomic mass is 9.86. The van der Waals surface area contributed by atoms with Crippen LogP contribution in [0.4, 0.5) is 10.5 Å². The van der Waals surface area contributed by atoms with Crippen LogP contribution in [0.3, 0.4) is 0 Å². The van der Waals surface area contributed by atoms with Crippen LogP contribution in [-0.4, -0.2) is 67.7 Å². The van der Waals surface area contributed by atoms with E-state index in [0.29, 0.717) is 25.0 Å². The van der Waals surface area contributed by atoms with Gasteiger partial charge in [-0.15, -0.1) is 0 Å². The molecule has 1 aliphatic heterocycles. The first-order valence-electron chi connectivity index (χ1n) is 12.3. The van der Waals surface area contributed by atoms with E-state index in [0.717, 1.165) is 57.3 Å². The van der Waals surface area contributed by atoms with Gasteiger partial charge >= 0.3 is 6.03 Å². The Morgan fingerprint density at radius 3 is 2.45 bits per heavy atom. The second-order valence-electron chi connectivity index (χ2n) is 10.8. The number of nitrogens with one attached hydrogen (secondary N) is 2. The molecule has 1 saturated heterocycles. The number of piperidine rings is 1. The van der Waals surface area contributed by atoms with Crippen molar-refractivity contribution in [1.82, 2.24) is 14.5 Å². The summed E-state index contributed by atoms with van der Waals surface area (Å²) < 4.78 is 25.3. The number of rotatable bonds is 7. The fourth-order valence-electron chi connectivity index (χ4n) is 5.10. The molecular formula is C25H42N4O3S. The van der Waals surface area contributed by atoms with Crippen molar-refractivity contribution >= 4 is 21.7 Å². The number of anilines is 1. The molecule has 0 spiro atoms. The fourth-order valence-corrected chi connectivity index (χ4v) is 5.97. The molecule has 186 valence electrons. The molecule has 2 amide bonds. The maximum Gasteiger partial charge on any atom is 0.319 e. The third-order valence-corrected chi connectivity index (χ3v) is 8.02. The highest BCUT2D eigenvalue weighted by Gasteiger charge is 2.30. The largest absolute Gasteiger partial charge is 0.333 e. The van der Waals surface area contributed by atoms with E-state index in [1.807, 2.05) is 26.8 Å². The summed E-state index contributed by atoms with van der Waals surface area (Å²) in [5, 5.41) is 5.93. The van der Waals surface area contributed by atoms with Crippen LogP contribution in [0.1, 0.15) is 64.5 Å². The zero-order chi connectivity index (χ0) is 24.2. The van der Waals surface area contributed by atoms with Gasteiger partial charge in [-0.3, -0.25) is 4.90 Å². The molecule has 1 atom stereocenters. The quantitative estimate of drug-likeness (QED) is 0.624. The number of hydrogen-bond acceptors (Lipinski definition) is 4. The van der Waals surface area contributed by atoms with Gasteiger partial charge in [0.05, 0.1) is 6.26 Å². The van der Waals surface area contributed by atoms with Crippen LogP contribution in [0.25, 0.3) is 0 Å². The van der Waals surface area contributed by atoms with Crippen molar-refractivity contribution in [1.29, 1.82) is 0 Å². The Labute approximate surface area is 200 Å². The molecule has 1 fully saturated rings. The van der Waals surface area contributed by atoms with E-state index in [2.05, 4.69) is 34.6 Å². The number of carbonyl (C=O) groups excluding carboxylic acids is 1. The first-order chi connectivity index (χ1) is 15.4. The summed E-state index contributed by atoms with van der Waals surface area (Å²) in [6, 6.07) is 6.61. The van der Waals surface area contributed by atoms with Gasteiger partial charge in [0.1, 0.15) is 0 Å². The average Bonchev–Trinajstić information content (AvgIpc) is 2.71. The normalized spacial score (nSPS) is 20.5. The summed E-state index contributed by atoms with van der Waals surface area (Å²) in [5.41, 5.74) is 3.27. The Morgan fingerprint density at radius 2 is 1.85 bits per heavy atom. The van der Waals surface area contributed by atoms with Gasteiger partial charge in [0.2, 0.25) is 10.0 Å². The summed E-state index contributed by atoms with van der Waals surface area (Å²) in [7, 11) is -3.08. The Hall–Kier alpha value is -1.64. The molecule has 0 saturated carbocycles. The molecule has 0 bridgehead atoms. The number of benzene rings is 1. The Bertz CT molecular complexity index is 918. The number of aryl methyl sites for hydroxylation is 1. The molecule has 2 N–H and O–H groups in total. The number of urea groups is 1. The second kappa shape index (κ2) is 10.7. The molecule has 1 unspecified atom stereocenters. The molecule has 0 aromatic heterocycles. The lowest BCUT2D eigenvalue weighted by Crippen LogP contribution is -2.45. The SMILES string of the molecule is CCCN(CC1CCN(S(C)(=O)=O)CC1)C1CCc2ccc(NC(=O)NC(C)(C)C)cc2C1. The van der Waals surface area contributed by atoms with Gasteiger partial charge in [-0.2, -0.15) is 0 Å². The highest BCUT2D eigenvalue weighted by molar-refractivity contribution is 7.88. The Balaban J connectivity index is 1.62. The molecule has 1 aliphatic carbocycles. The summed E-state index contributed by atoms with van der Waals surface area (Å²) in [6.45, 7) is 11.5. The van der Waals surface area contributed by atoms with Gasteiger partial charge in [0.25, 0.3) is 0 Å². The zero-order valence-corrected chi connectivity index (χ0v) is 21.8. The van der Waals surface area contributed by atoms with Crippen molar-refractivity contribution in [3.8, 4) is 0 Å². The minimum absolute atomic E-state index is 0.178. The van der Waals surface area contributed by atoms with Crippen LogP contribution in [0.15, 0.2) is 18.2 Å². The van der Waals surface area contributed by atoms with Gasteiger partial charge < -0.3 is 10.6 Å². The Kier molecular flexibility index (Phi) is 8.45. The van der Waals surface area contributed by atoms with Crippen LogP contribution >= 0.6 is 0 Å². The summed E-state index contributed by atoms with van der Waals surface area (Å²) in [6.07, 6.45) is 7.49. The van der Waals surface area contributed by atoms with E-state index >= 15 is 0 Å². The molecule has 7 nitrogen and oxygen atoms in total. The van der Waals surface area contributed by atoms with Gasteiger partial charge in [0.15, 0.2) is 0 Å². The lowest BCUT2D eigenvalue weighted by Gasteiger charge is -2.39. The van der Waals surface area contributed by atoms with Gasteiger partial charge in [-0.1, -0.05) is 13.0 Å². The molecular weight excluding hydrogens is 436 g/mol. The minimum Gasteiger partial charge on any atom is -0.333 e. The van der Waals surface area contributed by atoms with Gasteiger partial charge in [-0.25, -0.2) is 17.5 Å². The molecule has 0 radical (unpaired) electrons. The fraction of sp³-hybridized carbons (Fsp3) is 0.720. The van der Waals surface area contributed by atoms with E-state index in [1.54, 1.807) is 4.31 Å². The van der Waals surface area contributed by atoms with Gasteiger partial charge in [-0.05, 0) is 95.0 Å². The van der Waals surface area contributed by atoms with Crippen LogP contribution in [0.5, 0.6) is 0 Å². The number of sulfonamides is 1. The number of carbonyl (C=O) groups is 1. The molecule has 1 heterocycles. The van der Waals surface area contributed by atoms with Crippen molar-refractivity contribution in [2.45, 2.75) is 77.8 Å². The van der Waals surface area contributed by atoms with E-state index in [1.165, 1.54) is 17.4 Å². The molecule has 1 aromatic rings. The smallest absolute Gasteiger partial charge is 0.319 e. The minimum atomic E-state index is -3.08. The maximum atomic E-state index is 12.3. The molecule has 2 aliphatic rings. The molecule has 33 heavy (non-hydrogen) atoms. The molecule has 8 heteroatoms. The van der Waals surface area contributed by atoms with E-state index in [9.17, 15) is 13.2 Å². The van der Waals surface area contributed by atoms with E-state index in [-0.39, 0.29) is 11.6 Å². The summed E-state index contributed by atoms with van der Waals surface area (Å²) in [5.74, 6) is 0.546. The predicted octanol–water partition coefficient (Wildman–Crippen LogP) is 3.85. The third-order valence-electron chi connectivity index (χ3n) is 6.72.